The first-order valence-electron chi connectivity index (χ1n) is 8.37. The van der Waals surface area contributed by atoms with Crippen LogP contribution in [-0.2, 0) is 5.75 Å². The molecule has 3 aromatic carbocycles. The third kappa shape index (κ3) is 3.53. The lowest BCUT2D eigenvalue weighted by atomic mass is 10.2. The first-order valence-corrected chi connectivity index (χ1v) is 9.36. The van der Waals surface area contributed by atoms with E-state index in [4.69, 9.17) is 0 Å². The van der Waals surface area contributed by atoms with Crippen molar-refractivity contribution in [2.45, 2.75) is 10.9 Å². The van der Waals surface area contributed by atoms with Crippen LogP contribution in [0.4, 0.5) is 13.2 Å². The lowest BCUT2D eigenvalue weighted by Crippen LogP contribution is -2.21. The summed E-state index contributed by atoms with van der Waals surface area (Å²) in [6.07, 6.45) is 0. The molecule has 0 atom stereocenters. The maximum Gasteiger partial charge on any atom is 0.266 e. The van der Waals surface area contributed by atoms with E-state index in [9.17, 15) is 18.0 Å². The number of hydrogen-bond acceptors (Lipinski definition) is 3. The normalized spacial score (nSPS) is 11.1. The molecule has 0 unspecified atom stereocenters. The van der Waals surface area contributed by atoms with Crippen molar-refractivity contribution < 1.29 is 13.2 Å². The van der Waals surface area contributed by atoms with Crippen molar-refractivity contribution in [1.82, 2.24) is 9.55 Å². The molecule has 0 saturated carbocycles. The first kappa shape index (κ1) is 18.3. The summed E-state index contributed by atoms with van der Waals surface area (Å²) in [7, 11) is 0. The van der Waals surface area contributed by atoms with E-state index >= 15 is 0 Å². The summed E-state index contributed by atoms with van der Waals surface area (Å²) in [6, 6.07) is 15.5. The molecular weight excluding hydrogens is 385 g/mol. The van der Waals surface area contributed by atoms with Crippen LogP contribution in [0.2, 0.25) is 0 Å². The Labute approximate surface area is 162 Å². The number of fused-ring (bicyclic) bond motifs is 1. The summed E-state index contributed by atoms with van der Waals surface area (Å²) >= 11 is 1.10. The van der Waals surface area contributed by atoms with Gasteiger partial charge in [-0.1, -0.05) is 23.9 Å². The van der Waals surface area contributed by atoms with Crippen LogP contribution in [0.1, 0.15) is 5.56 Å². The van der Waals surface area contributed by atoms with Crippen molar-refractivity contribution in [3.8, 4) is 5.69 Å². The summed E-state index contributed by atoms with van der Waals surface area (Å²) < 4.78 is 42.1. The molecule has 4 aromatic rings. The minimum atomic E-state index is -0.542. The fraction of sp³-hybridized carbons (Fsp3) is 0.0476. The highest BCUT2D eigenvalue weighted by Gasteiger charge is 2.14. The van der Waals surface area contributed by atoms with E-state index in [-0.39, 0.29) is 16.9 Å². The number of hydrogen-bond donors (Lipinski definition) is 0. The Kier molecular flexibility index (Phi) is 4.92. The average Bonchev–Trinajstić information content (AvgIpc) is 2.70. The number of benzene rings is 3. The Bertz CT molecular complexity index is 1220. The van der Waals surface area contributed by atoms with Crippen molar-refractivity contribution >= 4 is 22.7 Å². The highest BCUT2D eigenvalue weighted by molar-refractivity contribution is 7.98. The van der Waals surface area contributed by atoms with E-state index < -0.39 is 17.5 Å². The van der Waals surface area contributed by atoms with Gasteiger partial charge in [-0.3, -0.25) is 9.36 Å². The highest BCUT2D eigenvalue weighted by Crippen LogP contribution is 2.26. The Hall–Kier alpha value is -3.06. The second-order valence-corrected chi connectivity index (χ2v) is 7.00. The molecular formula is C21H13F3N2OS. The largest absolute Gasteiger partial charge is 0.268 e. The van der Waals surface area contributed by atoms with Gasteiger partial charge in [0.2, 0.25) is 0 Å². The van der Waals surface area contributed by atoms with Crippen molar-refractivity contribution in [3.05, 3.63) is 100 Å². The van der Waals surface area contributed by atoms with E-state index in [0.717, 1.165) is 30.0 Å². The van der Waals surface area contributed by atoms with E-state index in [2.05, 4.69) is 4.98 Å². The fourth-order valence-electron chi connectivity index (χ4n) is 2.82. The van der Waals surface area contributed by atoms with Gasteiger partial charge in [-0.15, -0.1) is 0 Å². The zero-order valence-corrected chi connectivity index (χ0v) is 15.2. The Balaban J connectivity index is 1.84. The minimum absolute atomic E-state index is 0.0789. The molecule has 0 fully saturated rings. The molecule has 140 valence electrons. The molecule has 4 rings (SSSR count). The van der Waals surface area contributed by atoms with Gasteiger partial charge >= 0.3 is 0 Å². The molecule has 1 heterocycles. The first-order chi connectivity index (χ1) is 13.5. The van der Waals surface area contributed by atoms with Gasteiger partial charge in [0, 0.05) is 11.3 Å². The molecule has 0 amide bonds. The van der Waals surface area contributed by atoms with Crippen LogP contribution >= 0.6 is 11.8 Å². The summed E-state index contributed by atoms with van der Waals surface area (Å²) in [6.45, 7) is 0. The lowest BCUT2D eigenvalue weighted by Gasteiger charge is -2.13. The highest BCUT2D eigenvalue weighted by atomic mass is 32.2. The Morgan fingerprint density at radius 1 is 0.893 bits per heavy atom. The summed E-state index contributed by atoms with van der Waals surface area (Å²) in [5, 5.41) is 0.715. The molecule has 3 nitrogen and oxygen atoms in total. The summed E-state index contributed by atoms with van der Waals surface area (Å²) in [5.74, 6) is -1.43. The second kappa shape index (κ2) is 7.52. The van der Waals surface area contributed by atoms with Crippen LogP contribution in [0.15, 0.2) is 76.7 Å². The van der Waals surface area contributed by atoms with Crippen molar-refractivity contribution in [1.29, 1.82) is 0 Å². The van der Waals surface area contributed by atoms with Crippen LogP contribution in [0.5, 0.6) is 0 Å². The zero-order chi connectivity index (χ0) is 19.7. The number of thioether (sulfide) groups is 1. The number of rotatable bonds is 4. The maximum absolute atomic E-state index is 14.0. The molecule has 0 aliphatic heterocycles. The third-order valence-electron chi connectivity index (χ3n) is 4.19. The zero-order valence-electron chi connectivity index (χ0n) is 14.4. The smallest absolute Gasteiger partial charge is 0.266 e. The van der Waals surface area contributed by atoms with Gasteiger partial charge in [0.15, 0.2) is 5.16 Å². The Morgan fingerprint density at radius 3 is 2.39 bits per heavy atom. The monoisotopic (exact) mass is 398 g/mol. The summed E-state index contributed by atoms with van der Waals surface area (Å²) in [5.41, 5.74) is 0.775. The molecule has 28 heavy (non-hydrogen) atoms. The minimum Gasteiger partial charge on any atom is -0.268 e. The van der Waals surface area contributed by atoms with Gasteiger partial charge in [-0.2, -0.15) is 0 Å². The molecule has 0 spiro atoms. The van der Waals surface area contributed by atoms with Gasteiger partial charge in [0.25, 0.3) is 5.56 Å². The number of nitrogens with zero attached hydrogens (tertiary/aromatic N) is 2. The van der Waals surface area contributed by atoms with Gasteiger partial charge in [-0.25, -0.2) is 18.2 Å². The number of para-hydroxylation sites is 1. The van der Waals surface area contributed by atoms with Crippen molar-refractivity contribution in [2.24, 2.45) is 0 Å². The number of halogens is 3. The molecule has 0 saturated heterocycles. The van der Waals surface area contributed by atoms with Crippen LogP contribution in [0.25, 0.3) is 16.6 Å². The van der Waals surface area contributed by atoms with E-state index in [1.165, 1.54) is 28.8 Å². The van der Waals surface area contributed by atoms with Crippen LogP contribution in [-0.4, -0.2) is 9.55 Å². The van der Waals surface area contributed by atoms with E-state index in [0.29, 0.717) is 21.7 Å². The molecule has 0 aliphatic carbocycles. The number of aromatic nitrogens is 2. The standard InChI is InChI=1S/C21H13F3N2OS/c22-14-5-8-16(9-6-14)26-20(27)17-3-1-2-4-19(17)25-21(26)28-12-13-11-15(23)7-10-18(13)24/h1-11H,12H2. The van der Waals surface area contributed by atoms with Crippen LogP contribution in [0.3, 0.4) is 0 Å². The molecule has 1 aromatic heterocycles. The average molecular weight is 398 g/mol. The molecule has 0 bridgehead atoms. The third-order valence-corrected chi connectivity index (χ3v) is 5.18. The SMILES string of the molecule is O=c1c2ccccc2nc(SCc2cc(F)ccc2F)n1-c1ccc(F)cc1. The topological polar surface area (TPSA) is 34.9 Å². The van der Waals surface area contributed by atoms with Crippen LogP contribution < -0.4 is 5.56 Å². The van der Waals surface area contributed by atoms with Gasteiger partial charge in [0.1, 0.15) is 17.5 Å². The van der Waals surface area contributed by atoms with Gasteiger partial charge in [0.05, 0.1) is 16.6 Å². The van der Waals surface area contributed by atoms with Gasteiger partial charge < -0.3 is 0 Å². The van der Waals surface area contributed by atoms with E-state index in [1.807, 2.05) is 0 Å². The van der Waals surface area contributed by atoms with Crippen molar-refractivity contribution in [2.75, 3.05) is 0 Å². The van der Waals surface area contributed by atoms with Gasteiger partial charge in [-0.05, 0) is 54.6 Å². The van der Waals surface area contributed by atoms with Crippen molar-refractivity contribution in [3.63, 3.8) is 0 Å². The maximum atomic E-state index is 14.0. The van der Waals surface area contributed by atoms with E-state index in [1.54, 1.807) is 24.3 Å². The quantitative estimate of drug-likeness (QED) is 0.355. The fourth-order valence-corrected chi connectivity index (χ4v) is 3.81. The molecule has 7 heteroatoms. The predicted octanol–water partition coefficient (Wildman–Crippen LogP) is 5.10. The predicted molar refractivity (Wildman–Crippen MR) is 103 cm³/mol. The lowest BCUT2D eigenvalue weighted by molar-refractivity contribution is 0.591. The molecule has 0 N–H and O–H groups in total. The molecule has 0 radical (unpaired) electrons. The van der Waals surface area contributed by atoms with Crippen LogP contribution in [0, 0.1) is 17.5 Å². The summed E-state index contributed by atoms with van der Waals surface area (Å²) in [4.78, 5) is 17.6. The second-order valence-electron chi connectivity index (χ2n) is 6.05. The Morgan fingerprint density at radius 2 is 1.61 bits per heavy atom. The molecule has 0 aliphatic rings.